The minimum Gasteiger partial charge on any atom is -0.352 e. The van der Waals surface area contributed by atoms with E-state index in [0.717, 1.165) is 11.1 Å². The highest BCUT2D eigenvalue weighted by molar-refractivity contribution is 7.92. The average molecular weight is 454 g/mol. The van der Waals surface area contributed by atoms with E-state index in [4.69, 9.17) is 12.2 Å². The smallest absolute Gasteiger partial charge is 0.231 e. The van der Waals surface area contributed by atoms with Crippen LogP contribution in [0.3, 0.4) is 0 Å². The molecule has 0 bridgehead atoms. The zero-order valence-electron chi connectivity index (χ0n) is 18.1. The number of rotatable bonds is 6. The van der Waals surface area contributed by atoms with E-state index < -0.39 is 10.0 Å². The summed E-state index contributed by atoms with van der Waals surface area (Å²) in [6, 6.07) is 23.5. The predicted octanol–water partition coefficient (Wildman–Crippen LogP) is 4.78. The third kappa shape index (κ3) is 5.83. The van der Waals surface area contributed by atoms with Crippen LogP contribution in [0.4, 0.5) is 11.4 Å². The highest BCUT2D eigenvalue weighted by atomic mass is 32.2. The number of sulfonamides is 1. The molecule has 1 atom stereocenters. The summed E-state index contributed by atoms with van der Waals surface area (Å²) in [5, 5.41) is 7.07. The number of nitrogens with zero attached hydrogens (tertiary/aromatic N) is 1. The van der Waals surface area contributed by atoms with Crippen LogP contribution in [0.1, 0.15) is 28.3 Å². The first-order valence-electron chi connectivity index (χ1n) is 9.89. The van der Waals surface area contributed by atoms with E-state index in [-0.39, 0.29) is 6.04 Å². The second-order valence-electron chi connectivity index (χ2n) is 7.58. The van der Waals surface area contributed by atoms with Gasteiger partial charge in [0.25, 0.3) is 0 Å². The van der Waals surface area contributed by atoms with E-state index in [2.05, 4.69) is 54.8 Å². The van der Waals surface area contributed by atoms with E-state index in [1.807, 2.05) is 24.3 Å². The fourth-order valence-electron chi connectivity index (χ4n) is 3.40. The van der Waals surface area contributed by atoms with Crippen LogP contribution in [0.25, 0.3) is 0 Å². The molecule has 162 valence electrons. The highest BCUT2D eigenvalue weighted by Gasteiger charge is 2.18. The van der Waals surface area contributed by atoms with Crippen LogP contribution in [-0.2, 0) is 10.0 Å². The van der Waals surface area contributed by atoms with Gasteiger partial charge in [-0.1, -0.05) is 60.2 Å². The van der Waals surface area contributed by atoms with Gasteiger partial charge in [-0.15, -0.1) is 0 Å². The molecule has 0 unspecified atom stereocenters. The van der Waals surface area contributed by atoms with E-state index in [9.17, 15) is 8.42 Å². The van der Waals surface area contributed by atoms with Gasteiger partial charge in [0.2, 0.25) is 10.0 Å². The zero-order valence-corrected chi connectivity index (χ0v) is 19.7. The SMILES string of the molecule is Cc1ccc([C@H](NC(=S)Nc2cccc(N(C)S(C)(=O)=O)c2)c2ccccc2)c(C)c1. The first-order chi connectivity index (χ1) is 14.6. The van der Waals surface area contributed by atoms with Gasteiger partial charge in [0.15, 0.2) is 5.11 Å². The Kier molecular flexibility index (Phi) is 6.97. The second kappa shape index (κ2) is 9.49. The Balaban J connectivity index is 1.85. The molecule has 3 aromatic rings. The molecular formula is C24H27N3O2S2. The minimum atomic E-state index is -3.34. The Morgan fingerprint density at radius 2 is 1.68 bits per heavy atom. The number of hydrogen-bond donors (Lipinski definition) is 2. The summed E-state index contributed by atoms with van der Waals surface area (Å²) in [6.45, 7) is 4.18. The molecular weight excluding hydrogens is 426 g/mol. The number of aryl methyl sites for hydroxylation is 2. The van der Waals surface area contributed by atoms with Gasteiger partial charge >= 0.3 is 0 Å². The molecule has 0 saturated carbocycles. The zero-order chi connectivity index (χ0) is 22.6. The van der Waals surface area contributed by atoms with E-state index in [1.165, 1.54) is 28.7 Å². The molecule has 0 aliphatic carbocycles. The maximum atomic E-state index is 11.8. The van der Waals surface area contributed by atoms with Crippen molar-refractivity contribution in [2.45, 2.75) is 19.9 Å². The second-order valence-corrected chi connectivity index (χ2v) is 10.0. The first kappa shape index (κ1) is 22.8. The van der Waals surface area contributed by atoms with Crippen molar-refractivity contribution in [3.8, 4) is 0 Å². The Bertz CT molecular complexity index is 1180. The number of hydrogen-bond acceptors (Lipinski definition) is 3. The lowest BCUT2D eigenvalue weighted by Gasteiger charge is -2.24. The summed E-state index contributed by atoms with van der Waals surface area (Å²) in [7, 11) is -1.82. The molecule has 0 heterocycles. The molecule has 3 rings (SSSR count). The average Bonchev–Trinajstić information content (AvgIpc) is 2.72. The summed E-state index contributed by atoms with van der Waals surface area (Å²) in [4.78, 5) is 0. The van der Waals surface area contributed by atoms with Crippen molar-refractivity contribution >= 4 is 38.7 Å². The molecule has 31 heavy (non-hydrogen) atoms. The van der Waals surface area contributed by atoms with E-state index >= 15 is 0 Å². The highest BCUT2D eigenvalue weighted by Crippen LogP contribution is 2.26. The van der Waals surface area contributed by atoms with E-state index in [1.54, 1.807) is 18.2 Å². The Labute approximate surface area is 190 Å². The molecule has 0 spiro atoms. The monoisotopic (exact) mass is 453 g/mol. The van der Waals surface area contributed by atoms with Crippen LogP contribution in [0, 0.1) is 13.8 Å². The molecule has 7 heteroatoms. The van der Waals surface area contributed by atoms with Crippen LogP contribution in [0.2, 0.25) is 0 Å². The Hall–Kier alpha value is -2.90. The Morgan fingerprint density at radius 1 is 0.968 bits per heavy atom. The summed E-state index contributed by atoms with van der Waals surface area (Å²) in [5.74, 6) is 0. The standard InChI is InChI=1S/C24H27N3O2S2/c1-17-13-14-22(18(2)15-17)23(19-9-6-5-7-10-19)26-24(30)25-20-11-8-12-21(16-20)27(3)31(4,28)29/h5-16,23H,1-4H3,(H2,25,26,30)/t23-/m1/s1. The lowest BCUT2D eigenvalue weighted by atomic mass is 9.94. The largest absolute Gasteiger partial charge is 0.352 e. The molecule has 5 nitrogen and oxygen atoms in total. The Morgan fingerprint density at radius 3 is 2.32 bits per heavy atom. The summed E-state index contributed by atoms with van der Waals surface area (Å²) < 4.78 is 24.9. The molecule has 3 aromatic carbocycles. The van der Waals surface area contributed by atoms with Crippen molar-refractivity contribution < 1.29 is 8.42 Å². The van der Waals surface area contributed by atoms with Crippen LogP contribution in [-0.4, -0.2) is 26.8 Å². The molecule has 0 radical (unpaired) electrons. The van der Waals surface area contributed by atoms with Crippen molar-refractivity contribution in [2.24, 2.45) is 0 Å². The van der Waals surface area contributed by atoms with Crippen molar-refractivity contribution in [1.29, 1.82) is 0 Å². The molecule has 0 amide bonds. The fourth-order valence-corrected chi connectivity index (χ4v) is 4.14. The van der Waals surface area contributed by atoms with Crippen molar-refractivity contribution in [1.82, 2.24) is 5.32 Å². The summed E-state index contributed by atoms with van der Waals surface area (Å²) in [5.41, 5.74) is 5.90. The summed E-state index contributed by atoms with van der Waals surface area (Å²) >= 11 is 5.61. The number of nitrogens with one attached hydrogen (secondary N) is 2. The van der Waals surface area contributed by atoms with Crippen LogP contribution in [0.5, 0.6) is 0 Å². The van der Waals surface area contributed by atoms with Gasteiger partial charge < -0.3 is 10.6 Å². The van der Waals surface area contributed by atoms with Crippen LogP contribution < -0.4 is 14.9 Å². The van der Waals surface area contributed by atoms with Gasteiger partial charge in [-0.2, -0.15) is 0 Å². The molecule has 0 saturated heterocycles. The topological polar surface area (TPSA) is 61.4 Å². The normalized spacial score (nSPS) is 12.1. The number of anilines is 2. The van der Waals surface area contributed by atoms with Crippen molar-refractivity contribution in [2.75, 3.05) is 22.9 Å². The summed E-state index contributed by atoms with van der Waals surface area (Å²) in [6.07, 6.45) is 1.17. The number of thiocarbonyl (C=S) groups is 1. The quantitative estimate of drug-likeness (QED) is 0.526. The van der Waals surface area contributed by atoms with Gasteiger partial charge in [0.05, 0.1) is 18.0 Å². The van der Waals surface area contributed by atoms with Crippen LogP contribution >= 0.6 is 12.2 Å². The molecule has 0 aliphatic rings. The van der Waals surface area contributed by atoms with Crippen molar-refractivity contribution in [3.05, 3.63) is 95.1 Å². The predicted molar refractivity (Wildman–Crippen MR) is 133 cm³/mol. The third-order valence-electron chi connectivity index (χ3n) is 5.11. The van der Waals surface area contributed by atoms with Crippen molar-refractivity contribution in [3.63, 3.8) is 0 Å². The van der Waals surface area contributed by atoms with Gasteiger partial charge in [-0.3, -0.25) is 4.31 Å². The minimum absolute atomic E-state index is 0.122. The third-order valence-corrected chi connectivity index (χ3v) is 6.54. The fraction of sp³-hybridized carbons (Fsp3) is 0.208. The van der Waals surface area contributed by atoms with E-state index in [0.29, 0.717) is 16.5 Å². The maximum Gasteiger partial charge on any atom is 0.231 e. The first-order valence-corrected chi connectivity index (χ1v) is 12.1. The van der Waals surface area contributed by atoms with Gasteiger partial charge in [-0.25, -0.2) is 8.42 Å². The number of benzene rings is 3. The molecule has 0 aromatic heterocycles. The van der Waals surface area contributed by atoms with Gasteiger partial charge in [-0.05, 0) is 61.0 Å². The van der Waals surface area contributed by atoms with Gasteiger partial charge in [0.1, 0.15) is 0 Å². The van der Waals surface area contributed by atoms with Gasteiger partial charge in [0, 0.05) is 12.7 Å². The van der Waals surface area contributed by atoms with Crippen LogP contribution in [0.15, 0.2) is 72.8 Å². The molecule has 0 aliphatic heterocycles. The maximum absolute atomic E-state index is 11.8. The lowest BCUT2D eigenvalue weighted by Crippen LogP contribution is -2.33. The molecule has 2 N–H and O–H groups in total. The lowest BCUT2D eigenvalue weighted by molar-refractivity contribution is 0.600. The molecule has 0 fully saturated rings.